The lowest BCUT2D eigenvalue weighted by Crippen LogP contribution is -2.23. The largest absolute Gasteiger partial charge is 0.313 e. The van der Waals surface area contributed by atoms with Crippen LogP contribution in [0.25, 0.3) is 17.0 Å². The number of nitrogens with zero attached hydrogens (tertiary/aromatic N) is 5. The molecule has 0 fully saturated rings. The molecule has 0 atom stereocenters. The fraction of sp³-hybridized carbons (Fsp3) is 0.150. The van der Waals surface area contributed by atoms with Crippen LogP contribution in [0.1, 0.15) is 18.2 Å². The lowest BCUT2D eigenvalue weighted by atomic mass is 10.1. The van der Waals surface area contributed by atoms with E-state index in [-0.39, 0.29) is 5.56 Å². The van der Waals surface area contributed by atoms with Gasteiger partial charge in [-0.15, -0.1) is 0 Å². The summed E-state index contributed by atoms with van der Waals surface area (Å²) in [7, 11) is 1.72. The molecule has 0 bridgehead atoms. The molecular formula is C20H19BrN6O. The van der Waals surface area contributed by atoms with Gasteiger partial charge >= 0.3 is 0 Å². The molecule has 28 heavy (non-hydrogen) atoms. The van der Waals surface area contributed by atoms with E-state index in [9.17, 15) is 4.79 Å². The smallest absolute Gasteiger partial charge is 0.267 e. The average molecular weight is 439 g/mol. The first-order chi connectivity index (χ1) is 13.6. The zero-order valence-corrected chi connectivity index (χ0v) is 17.1. The normalized spacial score (nSPS) is 11.8. The molecule has 0 saturated carbocycles. The van der Waals surface area contributed by atoms with E-state index < -0.39 is 0 Å². The number of aromatic nitrogens is 4. The summed E-state index contributed by atoms with van der Waals surface area (Å²) in [4.78, 5) is 20.9. The minimum absolute atomic E-state index is 0.171. The van der Waals surface area contributed by atoms with Gasteiger partial charge in [-0.05, 0) is 40.5 Å². The molecule has 0 radical (unpaired) electrons. The number of benzene rings is 1. The third kappa shape index (κ3) is 4.77. The molecule has 0 amide bonds. The number of hydrogen-bond acceptors (Lipinski definition) is 6. The third-order valence-corrected chi connectivity index (χ3v) is 4.35. The number of hydrazone groups is 1. The Balaban J connectivity index is 1.90. The van der Waals surface area contributed by atoms with Crippen molar-refractivity contribution in [3.8, 4) is 11.4 Å². The Morgan fingerprint density at radius 2 is 2.04 bits per heavy atom. The monoisotopic (exact) mass is 438 g/mol. The first-order valence-corrected chi connectivity index (χ1v) is 9.41. The summed E-state index contributed by atoms with van der Waals surface area (Å²) < 4.78 is 2.26. The molecule has 7 nitrogen and oxygen atoms in total. The molecule has 0 spiro atoms. The molecule has 142 valence electrons. The molecule has 1 N–H and O–H groups in total. The van der Waals surface area contributed by atoms with Crippen LogP contribution < -0.4 is 11.0 Å². The van der Waals surface area contributed by atoms with Crippen LogP contribution in [0.3, 0.4) is 0 Å². The van der Waals surface area contributed by atoms with Gasteiger partial charge in [0.05, 0.1) is 22.9 Å². The lowest BCUT2D eigenvalue weighted by Gasteiger charge is -2.09. The van der Waals surface area contributed by atoms with Crippen LogP contribution in [0.2, 0.25) is 0 Å². The van der Waals surface area contributed by atoms with Gasteiger partial charge < -0.3 is 5.43 Å². The van der Waals surface area contributed by atoms with Crippen molar-refractivity contribution in [1.82, 2.24) is 25.2 Å². The van der Waals surface area contributed by atoms with Crippen molar-refractivity contribution >= 4 is 27.7 Å². The summed E-state index contributed by atoms with van der Waals surface area (Å²) in [5.41, 5.74) is 5.84. The van der Waals surface area contributed by atoms with Crippen LogP contribution in [-0.2, 0) is 6.54 Å². The zero-order valence-electron chi connectivity index (χ0n) is 15.5. The lowest BCUT2D eigenvalue weighted by molar-refractivity contribution is 0.635. The topological polar surface area (TPSA) is 85.1 Å². The Labute approximate surface area is 171 Å². The first kappa shape index (κ1) is 19.6. The van der Waals surface area contributed by atoms with E-state index in [0.717, 1.165) is 21.2 Å². The van der Waals surface area contributed by atoms with E-state index in [1.165, 1.54) is 10.7 Å². The van der Waals surface area contributed by atoms with Crippen LogP contribution in [0.15, 0.2) is 69.2 Å². The number of halogens is 1. The van der Waals surface area contributed by atoms with E-state index in [0.29, 0.717) is 18.1 Å². The van der Waals surface area contributed by atoms with Gasteiger partial charge in [0.1, 0.15) is 0 Å². The van der Waals surface area contributed by atoms with E-state index in [4.69, 9.17) is 0 Å². The van der Waals surface area contributed by atoms with Crippen molar-refractivity contribution < 1.29 is 0 Å². The van der Waals surface area contributed by atoms with Crippen LogP contribution in [0, 0.1) is 0 Å². The predicted octanol–water partition coefficient (Wildman–Crippen LogP) is 3.12. The van der Waals surface area contributed by atoms with Crippen LogP contribution in [0.4, 0.5) is 0 Å². The molecule has 0 saturated heterocycles. The van der Waals surface area contributed by atoms with Gasteiger partial charge in [0.2, 0.25) is 0 Å². The summed E-state index contributed by atoms with van der Waals surface area (Å²) in [6, 6.07) is 11.0. The molecule has 2 aromatic heterocycles. The Bertz CT molecular complexity index is 1070. The number of nitrogens with one attached hydrogen (secondary N) is 1. The standard InChI is InChI=1S/C20H19BrN6O/c1-3-15(10-25-22-2)18-7-8-19(28)27(26-18)13-14-5-4-6-16(9-14)20-23-11-17(21)12-24-20/h3-12,22H,13H2,1-2H3/b15-3+,25-10-. The van der Waals surface area contributed by atoms with Crippen molar-refractivity contribution in [1.29, 1.82) is 0 Å². The van der Waals surface area contributed by atoms with Gasteiger partial charge in [-0.3, -0.25) is 4.79 Å². The predicted molar refractivity (Wildman–Crippen MR) is 114 cm³/mol. The van der Waals surface area contributed by atoms with Crippen molar-refractivity contribution in [3.63, 3.8) is 0 Å². The summed E-state index contributed by atoms with van der Waals surface area (Å²) in [6.45, 7) is 2.24. The fourth-order valence-electron chi connectivity index (χ4n) is 2.58. The summed E-state index contributed by atoms with van der Waals surface area (Å²) in [6.07, 6.45) is 6.97. The molecule has 0 unspecified atom stereocenters. The SMILES string of the molecule is C/C=C(\C=N/NC)c1ccc(=O)n(Cc2cccc(-c3ncc(Br)cn3)c2)n1. The quantitative estimate of drug-likeness (QED) is 0.471. The first-order valence-electron chi connectivity index (χ1n) is 8.62. The second-order valence-corrected chi connectivity index (χ2v) is 6.78. The second-order valence-electron chi connectivity index (χ2n) is 5.87. The van der Waals surface area contributed by atoms with E-state index in [2.05, 4.69) is 41.5 Å². The minimum atomic E-state index is -0.171. The maximum atomic E-state index is 12.3. The van der Waals surface area contributed by atoms with Gasteiger partial charge in [0, 0.05) is 36.6 Å². The molecule has 0 aliphatic rings. The van der Waals surface area contributed by atoms with Crippen molar-refractivity contribution in [2.75, 3.05) is 7.05 Å². The molecular weight excluding hydrogens is 420 g/mol. The van der Waals surface area contributed by atoms with E-state index >= 15 is 0 Å². The molecule has 1 aromatic carbocycles. The maximum absolute atomic E-state index is 12.3. The van der Waals surface area contributed by atoms with Crippen molar-refractivity contribution in [2.24, 2.45) is 5.10 Å². The summed E-state index contributed by atoms with van der Waals surface area (Å²) >= 11 is 3.34. The van der Waals surface area contributed by atoms with Gasteiger partial charge in [0.15, 0.2) is 5.82 Å². The summed E-state index contributed by atoms with van der Waals surface area (Å²) in [5, 5.41) is 8.50. The molecule has 3 rings (SSSR count). The molecule has 0 aliphatic heterocycles. The third-order valence-electron chi connectivity index (χ3n) is 3.94. The maximum Gasteiger partial charge on any atom is 0.267 e. The number of allylic oxidation sites excluding steroid dienone is 2. The molecule has 3 aromatic rings. The van der Waals surface area contributed by atoms with Crippen LogP contribution in [0.5, 0.6) is 0 Å². The molecule has 2 heterocycles. The zero-order chi connectivity index (χ0) is 19.9. The van der Waals surface area contributed by atoms with Crippen LogP contribution in [-0.4, -0.2) is 33.0 Å². The van der Waals surface area contributed by atoms with E-state index in [1.54, 1.807) is 31.7 Å². The Kier molecular flexibility index (Phi) is 6.44. The molecule has 8 heteroatoms. The minimum Gasteiger partial charge on any atom is -0.313 e. The Hall–Kier alpha value is -3.13. The van der Waals surface area contributed by atoms with Crippen molar-refractivity contribution in [2.45, 2.75) is 13.5 Å². The highest BCUT2D eigenvalue weighted by Crippen LogP contribution is 2.18. The Morgan fingerprint density at radius 3 is 2.75 bits per heavy atom. The van der Waals surface area contributed by atoms with Gasteiger partial charge in [-0.2, -0.15) is 10.2 Å². The number of hydrogen-bond donors (Lipinski definition) is 1. The second kappa shape index (κ2) is 9.18. The highest BCUT2D eigenvalue weighted by atomic mass is 79.9. The van der Waals surface area contributed by atoms with Gasteiger partial charge in [0.25, 0.3) is 5.56 Å². The van der Waals surface area contributed by atoms with Crippen LogP contribution >= 0.6 is 15.9 Å². The Morgan fingerprint density at radius 1 is 1.25 bits per heavy atom. The highest BCUT2D eigenvalue weighted by Gasteiger charge is 2.07. The number of rotatable bonds is 6. The van der Waals surface area contributed by atoms with E-state index in [1.807, 2.05) is 37.3 Å². The fourth-order valence-corrected chi connectivity index (χ4v) is 2.79. The van der Waals surface area contributed by atoms with Gasteiger partial charge in [-0.25, -0.2) is 14.6 Å². The van der Waals surface area contributed by atoms with Crippen molar-refractivity contribution in [3.05, 3.63) is 81.0 Å². The van der Waals surface area contributed by atoms with Gasteiger partial charge in [-0.1, -0.05) is 24.3 Å². The highest BCUT2D eigenvalue weighted by molar-refractivity contribution is 9.10. The molecule has 0 aliphatic carbocycles. The average Bonchev–Trinajstić information content (AvgIpc) is 2.71. The summed E-state index contributed by atoms with van der Waals surface area (Å²) in [5.74, 6) is 0.624.